The molecular weight excluding hydrogens is 347 g/mol. The van der Waals surface area contributed by atoms with E-state index in [0.29, 0.717) is 0 Å². The first-order valence-electron chi connectivity index (χ1n) is 5.26. The van der Waals surface area contributed by atoms with Gasteiger partial charge >= 0.3 is 59.1 Å². The number of hydrogen-bond acceptors (Lipinski definition) is 10. The quantitative estimate of drug-likeness (QED) is 0.120. The van der Waals surface area contributed by atoms with Crippen molar-refractivity contribution in [3.05, 3.63) is 10.4 Å². The van der Waals surface area contributed by atoms with E-state index >= 15 is 0 Å². The molecule has 0 radical (unpaired) electrons. The van der Waals surface area contributed by atoms with E-state index in [1.165, 1.54) is 0 Å². The predicted molar refractivity (Wildman–Crippen MR) is 55.4 cm³/mol. The Morgan fingerprint density at radius 3 is 2.27 bits per heavy atom. The van der Waals surface area contributed by atoms with Gasteiger partial charge in [0.2, 0.25) is 0 Å². The number of nitrogens with zero attached hydrogens (tertiary/aromatic N) is 3. The first-order chi connectivity index (χ1) is 9.17. The summed E-state index contributed by atoms with van der Waals surface area (Å²) in [6.07, 6.45) is -11.1. The van der Waals surface area contributed by atoms with Gasteiger partial charge in [-0.15, -0.1) is 0 Å². The van der Waals surface area contributed by atoms with Crippen molar-refractivity contribution < 1.29 is 103 Å². The Bertz CT molecular complexity index is 433. The summed E-state index contributed by atoms with van der Waals surface area (Å²) in [5.74, 6) is 0. The van der Waals surface area contributed by atoms with Crippen molar-refractivity contribution in [3.63, 3.8) is 0 Å². The van der Waals surface area contributed by atoms with E-state index < -0.39 is 51.2 Å². The molecular formula is C7H12N3Na2O9P. The van der Waals surface area contributed by atoms with E-state index in [0.717, 1.165) is 0 Å². The fraction of sp³-hybridized carbons (Fsp3) is 1.00. The second-order valence-electron chi connectivity index (χ2n) is 3.97. The van der Waals surface area contributed by atoms with Crippen LogP contribution in [0, 0.1) is 0 Å². The molecule has 0 aliphatic carbocycles. The van der Waals surface area contributed by atoms with Gasteiger partial charge in [0.25, 0.3) is 0 Å². The van der Waals surface area contributed by atoms with Crippen molar-refractivity contribution in [2.45, 2.75) is 36.8 Å². The number of azide groups is 1. The third-order valence-corrected chi connectivity index (χ3v) is 3.02. The van der Waals surface area contributed by atoms with Crippen molar-refractivity contribution in [1.29, 1.82) is 0 Å². The van der Waals surface area contributed by atoms with Crippen LogP contribution in [-0.2, 0) is 13.8 Å². The van der Waals surface area contributed by atoms with E-state index in [1.54, 1.807) is 0 Å². The molecule has 116 valence electrons. The minimum absolute atomic E-state index is 0. The summed E-state index contributed by atoms with van der Waals surface area (Å²) in [5.41, 5.74) is 8.09. The molecule has 1 rings (SSSR count). The van der Waals surface area contributed by atoms with E-state index in [2.05, 4.69) is 14.5 Å². The number of phosphoric ester groups is 1. The average Bonchev–Trinajstić information content (AvgIpc) is 2.35. The maximum absolute atomic E-state index is 10.5. The summed E-state index contributed by atoms with van der Waals surface area (Å²) in [6, 6.07) is 0. The zero-order valence-corrected chi connectivity index (χ0v) is 16.7. The van der Waals surface area contributed by atoms with Crippen LogP contribution >= 0.6 is 7.82 Å². The summed E-state index contributed by atoms with van der Waals surface area (Å²) >= 11 is 0. The average molecular weight is 359 g/mol. The largest absolute Gasteiger partial charge is 1.00 e. The van der Waals surface area contributed by atoms with Crippen LogP contribution in [0.25, 0.3) is 10.4 Å². The summed E-state index contributed by atoms with van der Waals surface area (Å²) in [6.45, 7) is -0.555. The van der Waals surface area contributed by atoms with Crippen molar-refractivity contribution >= 4 is 7.82 Å². The molecule has 0 aromatic rings. The molecule has 6 atom stereocenters. The zero-order valence-electron chi connectivity index (χ0n) is 11.8. The van der Waals surface area contributed by atoms with Crippen LogP contribution in [0.4, 0.5) is 0 Å². The van der Waals surface area contributed by atoms with E-state index in [1.807, 2.05) is 0 Å². The Labute approximate surface area is 168 Å². The van der Waals surface area contributed by atoms with Gasteiger partial charge in [0.15, 0.2) is 6.29 Å². The minimum atomic E-state index is -5.54. The topological polar surface area (TPSA) is 211 Å². The minimum Gasteiger partial charge on any atom is -0.790 e. The van der Waals surface area contributed by atoms with E-state index in [-0.39, 0.29) is 59.1 Å². The van der Waals surface area contributed by atoms with Gasteiger partial charge in [-0.1, -0.05) is 5.11 Å². The first-order valence-corrected chi connectivity index (χ1v) is 6.72. The van der Waals surface area contributed by atoms with E-state index in [4.69, 9.17) is 10.3 Å². The van der Waals surface area contributed by atoms with Crippen LogP contribution in [0.3, 0.4) is 0 Å². The maximum Gasteiger partial charge on any atom is 1.00 e. The summed E-state index contributed by atoms with van der Waals surface area (Å²) in [7, 11) is -5.54. The van der Waals surface area contributed by atoms with Gasteiger partial charge in [0, 0.05) is 4.91 Å². The van der Waals surface area contributed by atoms with Crippen LogP contribution in [0.1, 0.15) is 0 Å². The fourth-order valence-corrected chi connectivity index (χ4v) is 2.06. The molecule has 0 saturated carbocycles. The van der Waals surface area contributed by atoms with Gasteiger partial charge in [-0.05, 0) is 5.53 Å². The molecule has 1 fully saturated rings. The molecule has 15 heteroatoms. The molecule has 0 aromatic heterocycles. The van der Waals surface area contributed by atoms with E-state index in [9.17, 15) is 34.8 Å². The molecule has 0 aromatic carbocycles. The first kappa shape index (κ1) is 25.5. The molecule has 1 heterocycles. The smallest absolute Gasteiger partial charge is 0.790 e. The normalized spacial score (nSPS) is 32.9. The Morgan fingerprint density at radius 2 is 1.82 bits per heavy atom. The molecule has 1 aliphatic rings. The van der Waals surface area contributed by atoms with Gasteiger partial charge in [0.1, 0.15) is 24.4 Å². The van der Waals surface area contributed by atoms with Crippen molar-refractivity contribution in [3.8, 4) is 0 Å². The Morgan fingerprint density at radius 1 is 1.27 bits per heavy atom. The molecule has 1 aliphatic heterocycles. The van der Waals surface area contributed by atoms with Crippen molar-refractivity contribution in [1.82, 2.24) is 0 Å². The predicted octanol–water partition coefficient (Wildman–Crippen LogP) is -9.68. The zero-order chi connectivity index (χ0) is 15.5. The monoisotopic (exact) mass is 359 g/mol. The van der Waals surface area contributed by atoms with Gasteiger partial charge in [-0.25, -0.2) is 0 Å². The number of aliphatic hydroxyl groups is 4. The second-order valence-corrected chi connectivity index (χ2v) is 5.08. The van der Waals surface area contributed by atoms with Gasteiger partial charge < -0.3 is 44.0 Å². The number of aliphatic hydroxyl groups excluding tert-OH is 4. The third kappa shape index (κ3) is 7.41. The van der Waals surface area contributed by atoms with Gasteiger partial charge in [-0.2, -0.15) is 0 Å². The summed E-state index contributed by atoms with van der Waals surface area (Å²) < 4.78 is 19.1. The van der Waals surface area contributed by atoms with Crippen LogP contribution in [0.5, 0.6) is 0 Å². The molecule has 0 spiro atoms. The van der Waals surface area contributed by atoms with Crippen LogP contribution in [0.2, 0.25) is 0 Å². The number of hydrogen-bond donors (Lipinski definition) is 4. The molecule has 0 bridgehead atoms. The molecule has 12 nitrogen and oxygen atoms in total. The fourth-order valence-electron chi connectivity index (χ4n) is 1.63. The van der Waals surface area contributed by atoms with Crippen LogP contribution in [0.15, 0.2) is 5.11 Å². The summed E-state index contributed by atoms with van der Waals surface area (Å²) in [4.78, 5) is 23.3. The Balaban J connectivity index is 0. The third-order valence-electron chi connectivity index (χ3n) is 2.55. The molecule has 0 amide bonds. The maximum atomic E-state index is 10.5. The van der Waals surface area contributed by atoms with Crippen LogP contribution in [-0.4, -0.2) is 63.8 Å². The molecule has 2 unspecified atom stereocenters. The number of phosphoric acid groups is 1. The van der Waals surface area contributed by atoms with Gasteiger partial charge in [0.05, 0.1) is 20.5 Å². The molecule has 1 saturated heterocycles. The van der Waals surface area contributed by atoms with Gasteiger partial charge in [-0.3, -0.25) is 0 Å². The Hall–Kier alpha value is 1.22. The van der Waals surface area contributed by atoms with Crippen LogP contribution < -0.4 is 68.9 Å². The standard InChI is InChI=1S/C7H14N3O9P.2Na/c8-10-9-1-2(11)6-4(13)3(12)5(14)7(18-6)19-20(15,16)17;;/h2-7,11-14H,1H2,(H2,15,16,17);;/q;2*+1/p-2/t2-,3+,4+,5?,6?,7+;;/m1../s1. The van der Waals surface area contributed by atoms with Crippen molar-refractivity contribution in [2.75, 3.05) is 6.54 Å². The second kappa shape index (κ2) is 11.0. The number of rotatable bonds is 5. The molecule has 4 N–H and O–H groups in total. The van der Waals surface area contributed by atoms with Crippen molar-refractivity contribution in [2.24, 2.45) is 5.11 Å². The molecule has 22 heavy (non-hydrogen) atoms. The number of ether oxygens (including phenoxy) is 1. The summed E-state index contributed by atoms with van der Waals surface area (Å²) in [5, 5.41) is 41.1. The SMILES string of the molecule is [N-]=[N+]=NC[C@@H](O)C1O[C@@H](OP(=O)([O-])[O-])C(O)[C@@H](O)[C@@H]1O.[Na+].[Na+]. The Kier molecular flexibility index (Phi) is 12.7.